The number of likely N-dealkylation sites (N-methyl/N-ethyl adjacent to an activating group) is 1. The van der Waals surface area contributed by atoms with E-state index >= 15 is 0 Å². The first-order chi connectivity index (χ1) is 13.1. The lowest BCUT2D eigenvalue weighted by molar-refractivity contribution is 0.275. The van der Waals surface area contributed by atoms with Gasteiger partial charge in [-0.2, -0.15) is 0 Å². The first-order valence-electron chi connectivity index (χ1n) is 10.2. The number of guanidine groups is 1. The molecule has 0 bridgehead atoms. The summed E-state index contributed by atoms with van der Waals surface area (Å²) in [7, 11) is 6.02. The van der Waals surface area contributed by atoms with E-state index in [4.69, 9.17) is 9.73 Å². The van der Waals surface area contributed by atoms with Gasteiger partial charge < -0.3 is 24.8 Å². The van der Waals surface area contributed by atoms with Crippen LogP contribution < -0.4 is 10.1 Å². The highest BCUT2D eigenvalue weighted by Crippen LogP contribution is 2.18. The number of nitrogens with one attached hydrogen (secondary N) is 1. The van der Waals surface area contributed by atoms with Crippen LogP contribution in [0.1, 0.15) is 25.3 Å². The molecule has 0 spiro atoms. The Kier molecular flexibility index (Phi) is 9.42. The number of nitrogens with zero attached hydrogens (tertiary/aromatic N) is 4. The summed E-state index contributed by atoms with van der Waals surface area (Å²) in [6, 6.07) is 8.16. The molecule has 6 nitrogen and oxygen atoms in total. The quantitative estimate of drug-likeness (QED) is 0.428. The SMILES string of the molecule is CCNC(=NCCCN1CCCN(C)CC1)N(C)Cc1ccccc1OC. The lowest BCUT2D eigenvalue weighted by atomic mass is 10.2. The van der Waals surface area contributed by atoms with Gasteiger partial charge in [-0.15, -0.1) is 0 Å². The van der Waals surface area contributed by atoms with Gasteiger partial charge in [0, 0.05) is 45.3 Å². The molecule has 1 aliphatic rings. The van der Waals surface area contributed by atoms with Gasteiger partial charge in [0.2, 0.25) is 0 Å². The summed E-state index contributed by atoms with van der Waals surface area (Å²) in [5.41, 5.74) is 1.17. The highest BCUT2D eigenvalue weighted by Gasteiger charge is 2.12. The molecule has 6 heteroatoms. The van der Waals surface area contributed by atoms with E-state index in [0.717, 1.165) is 44.3 Å². The van der Waals surface area contributed by atoms with Crippen molar-refractivity contribution in [1.82, 2.24) is 20.0 Å². The van der Waals surface area contributed by atoms with Gasteiger partial charge in [0.05, 0.1) is 7.11 Å². The molecule has 0 saturated carbocycles. The molecule has 1 saturated heterocycles. The second-order valence-electron chi connectivity index (χ2n) is 7.26. The summed E-state index contributed by atoms with van der Waals surface area (Å²) in [4.78, 5) is 12.0. The Hall–Kier alpha value is -1.79. The topological polar surface area (TPSA) is 43.3 Å². The third-order valence-corrected chi connectivity index (χ3v) is 5.00. The second kappa shape index (κ2) is 11.8. The third kappa shape index (κ3) is 7.39. The molecule has 27 heavy (non-hydrogen) atoms. The number of para-hydroxylation sites is 1. The van der Waals surface area contributed by atoms with Crippen LogP contribution in [0.4, 0.5) is 0 Å². The Bertz CT molecular complexity index is 577. The molecule has 152 valence electrons. The number of hydrogen-bond acceptors (Lipinski definition) is 4. The third-order valence-electron chi connectivity index (χ3n) is 5.00. The number of ether oxygens (including phenoxy) is 1. The summed E-state index contributed by atoms with van der Waals surface area (Å²) < 4.78 is 5.47. The fourth-order valence-electron chi connectivity index (χ4n) is 3.44. The average molecular weight is 376 g/mol. The van der Waals surface area contributed by atoms with Gasteiger partial charge in [-0.1, -0.05) is 18.2 Å². The minimum Gasteiger partial charge on any atom is -0.496 e. The maximum atomic E-state index is 5.47. The van der Waals surface area contributed by atoms with Crippen LogP contribution in [-0.2, 0) is 6.54 Å². The lowest BCUT2D eigenvalue weighted by Gasteiger charge is -2.23. The van der Waals surface area contributed by atoms with E-state index in [1.165, 1.54) is 38.2 Å². The number of rotatable bonds is 8. The molecule has 0 aromatic heterocycles. The fraction of sp³-hybridized carbons (Fsp3) is 0.667. The van der Waals surface area contributed by atoms with E-state index in [9.17, 15) is 0 Å². The van der Waals surface area contributed by atoms with Crippen molar-refractivity contribution in [3.8, 4) is 5.75 Å². The first kappa shape index (κ1) is 21.5. The maximum absolute atomic E-state index is 5.47. The van der Waals surface area contributed by atoms with Crippen molar-refractivity contribution in [2.75, 3.05) is 67.0 Å². The van der Waals surface area contributed by atoms with Gasteiger partial charge in [0.15, 0.2) is 5.96 Å². The van der Waals surface area contributed by atoms with Crippen molar-refractivity contribution >= 4 is 5.96 Å². The summed E-state index contributed by atoms with van der Waals surface area (Å²) in [5, 5.41) is 3.41. The molecule has 0 amide bonds. The van der Waals surface area contributed by atoms with Crippen LogP contribution in [-0.4, -0.2) is 87.7 Å². The minimum absolute atomic E-state index is 0.772. The Morgan fingerprint density at radius 3 is 2.81 bits per heavy atom. The predicted octanol–water partition coefficient (Wildman–Crippen LogP) is 2.12. The first-order valence-corrected chi connectivity index (χ1v) is 10.2. The standard InChI is InChI=1S/C21H37N5O/c1-5-22-21(25(3)18-19-10-6-7-11-20(19)27-4)23-12-8-14-26-15-9-13-24(2)16-17-26/h6-7,10-11H,5,8-9,12-18H2,1-4H3,(H,22,23). The van der Waals surface area contributed by atoms with E-state index in [0.29, 0.717) is 0 Å². The molecule has 1 heterocycles. The molecule has 0 radical (unpaired) electrons. The van der Waals surface area contributed by atoms with Gasteiger partial charge in [-0.25, -0.2) is 0 Å². The van der Waals surface area contributed by atoms with Crippen molar-refractivity contribution < 1.29 is 4.74 Å². The summed E-state index contributed by atoms with van der Waals surface area (Å²) in [5.74, 6) is 1.88. The molecule has 2 rings (SSSR count). The molecule has 0 unspecified atom stereocenters. The Labute approximate surface area is 165 Å². The average Bonchev–Trinajstić information content (AvgIpc) is 2.88. The molecule has 0 aliphatic carbocycles. The van der Waals surface area contributed by atoms with Crippen LogP contribution >= 0.6 is 0 Å². The number of hydrogen-bond donors (Lipinski definition) is 1. The maximum Gasteiger partial charge on any atom is 0.193 e. The lowest BCUT2D eigenvalue weighted by Crippen LogP contribution is -2.38. The molecule has 1 aliphatic heterocycles. The van der Waals surface area contributed by atoms with E-state index in [2.05, 4.69) is 47.1 Å². The molecule has 1 fully saturated rings. The number of methoxy groups -OCH3 is 1. The van der Waals surface area contributed by atoms with E-state index in [1.807, 2.05) is 18.2 Å². The van der Waals surface area contributed by atoms with Crippen LogP contribution in [0.5, 0.6) is 5.75 Å². The van der Waals surface area contributed by atoms with Crippen LogP contribution in [0, 0.1) is 0 Å². The van der Waals surface area contributed by atoms with Crippen molar-refractivity contribution in [3.63, 3.8) is 0 Å². The van der Waals surface area contributed by atoms with E-state index in [-0.39, 0.29) is 0 Å². The van der Waals surface area contributed by atoms with Crippen molar-refractivity contribution in [1.29, 1.82) is 0 Å². The molecular formula is C21H37N5O. The molecule has 1 aromatic rings. The van der Waals surface area contributed by atoms with Gasteiger partial charge in [-0.3, -0.25) is 4.99 Å². The largest absolute Gasteiger partial charge is 0.496 e. The van der Waals surface area contributed by atoms with Gasteiger partial charge >= 0.3 is 0 Å². The van der Waals surface area contributed by atoms with E-state index in [1.54, 1.807) is 7.11 Å². The zero-order valence-electron chi connectivity index (χ0n) is 17.6. The Balaban J connectivity index is 1.85. The van der Waals surface area contributed by atoms with Crippen molar-refractivity contribution in [2.45, 2.75) is 26.3 Å². The zero-order valence-corrected chi connectivity index (χ0v) is 17.6. The summed E-state index contributed by atoms with van der Waals surface area (Å²) >= 11 is 0. The van der Waals surface area contributed by atoms with Gasteiger partial charge in [0.25, 0.3) is 0 Å². The van der Waals surface area contributed by atoms with Crippen molar-refractivity contribution in [2.24, 2.45) is 4.99 Å². The molecule has 1 N–H and O–H groups in total. The van der Waals surface area contributed by atoms with Crippen molar-refractivity contribution in [3.05, 3.63) is 29.8 Å². The fourth-order valence-corrected chi connectivity index (χ4v) is 3.44. The molecule has 1 aromatic carbocycles. The Morgan fingerprint density at radius 2 is 2.04 bits per heavy atom. The summed E-state index contributed by atoms with van der Waals surface area (Å²) in [6.45, 7) is 10.5. The molecule has 0 atom stereocenters. The zero-order chi connectivity index (χ0) is 19.5. The monoisotopic (exact) mass is 375 g/mol. The Morgan fingerprint density at radius 1 is 1.22 bits per heavy atom. The van der Waals surface area contributed by atoms with Crippen LogP contribution in [0.2, 0.25) is 0 Å². The van der Waals surface area contributed by atoms with Gasteiger partial charge in [-0.05, 0) is 52.5 Å². The number of benzene rings is 1. The van der Waals surface area contributed by atoms with Crippen LogP contribution in [0.3, 0.4) is 0 Å². The second-order valence-corrected chi connectivity index (χ2v) is 7.26. The minimum atomic E-state index is 0.772. The smallest absolute Gasteiger partial charge is 0.193 e. The normalized spacial score (nSPS) is 16.8. The summed E-state index contributed by atoms with van der Waals surface area (Å²) in [6.07, 6.45) is 2.37. The highest BCUT2D eigenvalue weighted by molar-refractivity contribution is 5.79. The highest BCUT2D eigenvalue weighted by atomic mass is 16.5. The number of aliphatic imine (C=N–C) groups is 1. The molecular weight excluding hydrogens is 338 g/mol. The van der Waals surface area contributed by atoms with E-state index < -0.39 is 0 Å². The van der Waals surface area contributed by atoms with Crippen LogP contribution in [0.15, 0.2) is 29.3 Å². The predicted molar refractivity (Wildman–Crippen MR) is 114 cm³/mol. The van der Waals surface area contributed by atoms with Gasteiger partial charge in [0.1, 0.15) is 5.75 Å². The van der Waals surface area contributed by atoms with Crippen LogP contribution in [0.25, 0.3) is 0 Å².